The molecule has 2 aliphatic heterocycles. The predicted octanol–water partition coefficient (Wildman–Crippen LogP) is 5.02. The molecule has 0 unspecified atom stereocenters. The molecule has 1 aromatic heterocycles. The van der Waals surface area contributed by atoms with Crippen LogP contribution in [0.15, 0.2) is 59.4 Å². The van der Waals surface area contributed by atoms with Crippen LogP contribution in [0.5, 0.6) is 5.75 Å². The van der Waals surface area contributed by atoms with Gasteiger partial charge in [-0.25, -0.2) is 0 Å². The molecule has 2 aliphatic rings. The van der Waals surface area contributed by atoms with E-state index in [1.807, 2.05) is 55.5 Å². The first kappa shape index (κ1) is 20.5. The molecule has 0 aliphatic carbocycles. The van der Waals surface area contributed by atoms with E-state index in [4.69, 9.17) is 9.47 Å². The zero-order valence-electron chi connectivity index (χ0n) is 18.4. The molecule has 3 heterocycles. The summed E-state index contributed by atoms with van der Waals surface area (Å²) in [5.41, 5.74) is 4.97. The second-order valence-corrected chi connectivity index (χ2v) is 8.76. The molecule has 0 radical (unpaired) electrons. The number of pyridine rings is 1. The third-order valence-electron chi connectivity index (χ3n) is 6.51. The van der Waals surface area contributed by atoms with Crippen molar-refractivity contribution in [1.29, 1.82) is 5.26 Å². The standard InChI is InChI=1S/C27H26N2O3/c1-3-4-12-27-15-21-14-20(16-28)10-11-22(21)25(32-27)24-23(31-27)13-18(2)29(26(24)30)17-19-8-6-5-7-9-19/h5-11,13-14,25H,3-4,12,15,17H2,1-2H3/t25-,27+/m0/s1. The van der Waals surface area contributed by atoms with Crippen LogP contribution >= 0.6 is 0 Å². The van der Waals surface area contributed by atoms with Crippen LogP contribution in [0, 0.1) is 18.3 Å². The summed E-state index contributed by atoms with van der Waals surface area (Å²) in [7, 11) is 0. The molecule has 5 nitrogen and oxygen atoms in total. The quantitative estimate of drug-likeness (QED) is 0.575. The van der Waals surface area contributed by atoms with E-state index in [9.17, 15) is 10.1 Å². The molecule has 0 N–H and O–H groups in total. The monoisotopic (exact) mass is 426 g/mol. The molecule has 3 aromatic rings. The molecule has 2 atom stereocenters. The fourth-order valence-electron chi connectivity index (χ4n) is 4.86. The Balaban J connectivity index is 1.66. The number of aromatic nitrogens is 1. The van der Waals surface area contributed by atoms with Crippen molar-refractivity contribution in [3.8, 4) is 11.8 Å². The second kappa shape index (κ2) is 7.96. The van der Waals surface area contributed by atoms with E-state index < -0.39 is 11.9 Å². The van der Waals surface area contributed by atoms with E-state index in [1.165, 1.54) is 0 Å². The van der Waals surface area contributed by atoms with Gasteiger partial charge in [-0.2, -0.15) is 5.26 Å². The molecule has 2 bridgehead atoms. The van der Waals surface area contributed by atoms with Gasteiger partial charge in [-0.3, -0.25) is 4.79 Å². The lowest BCUT2D eigenvalue weighted by Crippen LogP contribution is -2.51. The molecule has 5 rings (SSSR count). The van der Waals surface area contributed by atoms with E-state index >= 15 is 0 Å². The van der Waals surface area contributed by atoms with Gasteiger partial charge in [0.15, 0.2) is 0 Å². The van der Waals surface area contributed by atoms with Crippen LogP contribution < -0.4 is 10.3 Å². The van der Waals surface area contributed by atoms with Crippen LogP contribution in [0.2, 0.25) is 0 Å². The van der Waals surface area contributed by atoms with E-state index in [0.717, 1.165) is 41.6 Å². The summed E-state index contributed by atoms with van der Waals surface area (Å²) in [6.07, 6.45) is 2.79. The predicted molar refractivity (Wildman–Crippen MR) is 122 cm³/mol. The average molecular weight is 427 g/mol. The fourth-order valence-corrected chi connectivity index (χ4v) is 4.86. The minimum Gasteiger partial charge on any atom is -0.461 e. The number of hydrogen-bond donors (Lipinski definition) is 0. The molecule has 0 amide bonds. The van der Waals surface area contributed by atoms with Crippen LogP contribution in [-0.4, -0.2) is 10.4 Å². The van der Waals surface area contributed by atoms with Gasteiger partial charge >= 0.3 is 0 Å². The number of aryl methyl sites for hydroxylation is 1. The van der Waals surface area contributed by atoms with Crippen molar-refractivity contribution in [2.45, 2.75) is 58.0 Å². The maximum absolute atomic E-state index is 13.7. The third kappa shape index (κ3) is 3.41. The van der Waals surface area contributed by atoms with Gasteiger partial charge in [0.25, 0.3) is 5.56 Å². The highest BCUT2D eigenvalue weighted by Gasteiger charge is 2.48. The van der Waals surface area contributed by atoms with Gasteiger partial charge in [-0.05, 0) is 42.2 Å². The molecular formula is C27H26N2O3. The van der Waals surface area contributed by atoms with Gasteiger partial charge in [-0.15, -0.1) is 0 Å². The molecule has 0 saturated heterocycles. The van der Waals surface area contributed by atoms with E-state index in [2.05, 4.69) is 13.0 Å². The number of fused-ring (bicyclic) bond motifs is 6. The summed E-state index contributed by atoms with van der Waals surface area (Å²) >= 11 is 0. The topological polar surface area (TPSA) is 64.2 Å². The largest absolute Gasteiger partial charge is 0.461 e. The molecule has 0 fully saturated rings. The minimum absolute atomic E-state index is 0.0878. The third-order valence-corrected chi connectivity index (χ3v) is 6.51. The molecule has 2 aromatic carbocycles. The van der Waals surface area contributed by atoms with Crippen LogP contribution in [0.25, 0.3) is 0 Å². The van der Waals surface area contributed by atoms with Gasteiger partial charge in [0.05, 0.1) is 23.7 Å². The van der Waals surface area contributed by atoms with Gasteiger partial charge in [0.1, 0.15) is 11.9 Å². The number of rotatable bonds is 5. The Morgan fingerprint density at radius 1 is 1.19 bits per heavy atom. The number of hydrogen-bond acceptors (Lipinski definition) is 4. The van der Waals surface area contributed by atoms with E-state index in [0.29, 0.717) is 29.8 Å². The molecule has 0 saturated carbocycles. The molecule has 5 heteroatoms. The summed E-state index contributed by atoms with van der Waals surface area (Å²) in [5.74, 6) is -0.182. The van der Waals surface area contributed by atoms with Gasteiger partial charge in [-0.1, -0.05) is 49.7 Å². The highest BCUT2D eigenvalue weighted by Crippen LogP contribution is 2.49. The zero-order valence-corrected chi connectivity index (χ0v) is 18.4. The molecule has 32 heavy (non-hydrogen) atoms. The molecule has 162 valence electrons. The normalized spacial score (nSPS) is 20.6. The number of benzene rings is 2. The summed E-state index contributed by atoms with van der Waals surface area (Å²) in [6, 6.07) is 19.8. The fraction of sp³-hybridized carbons (Fsp3) is 0.333. The Kier molecular flexibility index (Phi) is 5.11. The second-order valence-electron chi connectivity index (χ2n) is 8.76. The lowest BCUT2D eigenvalue weighted by atomic mass is 9.84. The van der Waals surface area contributed by atoms with Crippen molar-refractivity contribution >= 4 is 0 Å². The summed E-state index contributed by atoms with van der Waals surface area (Å²) < 4.78 is 14.8. The minimum atomic E-state index is -0.806. The number of ether oxygens (including phenoxy) is 2. The Morgan fingerprint density at radius 3 is 2.75 bits per heavy atom. The molecule has 0 spiro atoms. The van der Waals surface area contributed by atoms with Crippen LogP contribution in [-0.2, 0) is 17.7 Å². The van der Waals surface area contributed by atoms with Crippen molar-refractivity contribution in [3.05, 3.63) is 98.5 Å². The first-order valence-corrected chi connectivity index (χ1v) is 11.2. The number of nitriles is 1. The Labute approximate surface area is 187 Å². The van der Waals surface area contributed by atoms with E-state index in [-0.39, 0.29) is 5.56 Å². The number of nitrogens with zero attached hydrogens (tertiary/aromatic N) is 2. The lowest BCUT2D eigenvalue weighted by molar-refractivity contribution is -0.232. The molecular weight excluding hydrogens is 400 g/mol. The van der Waals surface area contributed by atoms with Gasteiger partial charge < -0.3 is 14.0 Å². The average Bonchev–Trinajstić information content (AvgIpc) is 2.80. The maximum Gasteiger partial charge on any atom is 0.261 e. The van der Waals surface area contributed by atoms with Crippen molar-refractivity contribution < 1.29 is 9.47 Å². The Bertz CT molecular complexity index is 1270. The van der Waals surface area contributed by atoms with Crippen LogP contribution in [0.1, 0.15) is 65.8 Å². The highest BCUT2D eigenvalue weighted by atomic mass is 16.7. The summed E-state index contributed by atoms with van der Waals surface area (Å²) in [5, 5.41) is 9.39. The maximum atomic E-state index is 13.7. The van der Waals surface area contributed by atoms with Crippen molar-refractivity contribution in [2.75, 3.05) is 0 Å². The smallest absolute Gasteiger partial charge is 0.261 e. The Hall–Kier alpha value is -3.36. The lowest BCUT2D eigenvalue weighted by Gasteiger charge is -2.46. The van der Waals surface area contributed by atoms with Crippen molar-refractivity contribution in [1.82, 2.24) is 4.57 Å². The first-order valence-electron chi connectivity index (χ1n) is 11.2. The SMILES string of the molecule is CCCC[C@]12Cc3cc(C#N)ccc3[C@H](O1)c1c(cc(C)n(Cc3ccccc3)c1=O)O2. The van der Waals surface area contributed by atoms with Crippen LogP contribution in [0.3, 0.4) is 0 Å². The van der Waals surface area contributed by atoms with Gasteiger partial charge in [0, 0.05) is 24.6 Å². The van der Waals surface area contributed by atoms with E-state index in [1.54, 1.807) is 10.6 Å². The number of unbranched alkanes of at least 4 members (excludes halogenated alkanes) is 1. The van der Waals surface area contributed by atoms with Crippen molar-refractivity contribution in [2.24, 2.45) is 0 Å². The Morgan fingerprint density at radius 2 is 2.00 bits per heavy atom. The van der Waals surface area contributed by atoms with Gasteiger partial charge in [0.2, 0.25) is 5.79 Å². The first-order chi connectivity index (χ1) is 15.5. The zero-order chi connectivity index (χ0) is 22.3. The summed E-state index contributed by atoms with van der Waals surface area (Å²) in [4.78, 5) is 13.7. The van der Waals surface area contributed by atoms with Crippen LogP contribution in [0.4, 0.5) is 0 Å². The highest BCUT2D eigenvalue weighted by molar-refractivity contribution is 5.49. The summed E-state index contributed by atoms with van der Waals surface area (Å²) in [6.45, 7) is 4.58. The van der Waals surface area contributed by atoms with Crippen molar-refractivity contribution in [3.63, 3.8) is 0 Å².